The third-order valence-electron chi connectivity index (χ3n) is 28.3. The van der Waals surface area contributed by atoms with E-state index in [1.54, 1.807) is 0 Å². The van der Waals surface area contributed by atoms with Gasteiger partial charge < -0.3 is 0 Å². The molecule has 145 heavy (non-hydrogen) atoms. The third-order valence-corrected chi connectivity index (χ3v) is 28.3. The van der Waals surface area contributed by atoms with Gasteiger partial charge in [-0.25, -0.2) is 0 Å². The fourth-order valence-corrected chi connectivity index (χ4v) is 22.9. The fourth-order valence-electron chi connectivity index (χ4n) is 22.9. The van der Waals surface area contributed by atoms with Gasteiger partial charge in [-0.15, -0.1) is 0 Å². The highest BCUT2D eigenvalue weighted by molar-refractivity contribution is 6.33. The van der Waals surface area contributed by atoms with Crippen LogP contribution >= 0.6 is 0 Å². The molecule has 0 aliphatic heterocycles. The van der Waals surface area contributed by atoms with E-state index >= 15 is 0 Å². The molecule has 0 radical (unpaired) electrons. The first-order valence-corrected chi connectivity index (χ1v) is 54.2. The van der Waals surface area contributed by atoms with E-state index in [2.05, 4.69) is 425 Å². The molecule has 0 amide bonds. The molecule has 30 rings (SSSR count). The van der Waals surface area contributed by atoms with Crippen LogP contribution in [-0.2, 0) is 32.1 Å². The zero-order valence-electron chi connectivity index (χ0n) is 89.0. The van der Waals surface area contributed by atoms with Gasteiger partial charge in [-0.05, 0) is 329 Å². The summed E-state index contributed by atoms with van der Waals surface area (Å²) in [6.07, 6.45) is 5.22. The molecule has 0 saturated carbocycles. The number of benzene rings is 25. The van der Waals surface area contributed by atoms with Crippen LogP contribution in [0.2, 0.25) is 0 Å². The Morgan fingerprint density at radius 1 is 0.0966 bits per heavy atom. The highest BCUT2D eigenvalue weighted by Gasteiger charge is 2.29. The molecule has 0 spiro atoms. The Hall–Kier alpha value is -15.6. The van der Waals surface area contributed by atoms with Gasteiger partial charge in [0.25, 0.3) is 0 Å². The lowest BCUT2D eigenvalue weighted by molar-refractivity contribution is 1.27. The Kier molecular flexibility index (Phi) is 33.5. The molecule has 0 heteroatoms. The van der Waals surface area contributed by atoms with Crippen molar-refractivity contribution in [2.45, 2.75) is 171 Å². The normalized spacial score (nSPS) is 11.3. The summed E-state index contributed by atoms with van der Waals surface area (Å²) in [7, 11) is 0. The molecule has 0 N–H and O–H groups in total. The zero-order chi connectivity index (χ0) is 102. The van der Waals surface area contributed by atoms with Gasteiger partial charge in [0, 0.05) is 0 Å². The highest BCUT2D eigenvalue weighted by Crippen LogP contribution is 2.53. The predicted molar refractivity (Wildman–Crippen MR) is 649 cm³/mol. The Bertz CT molecular complexity index is 8030. The van der Waals surface area contributed by atoms with Gasteiger partial charge in [-0.1, -0.05) is 539 Å². The second-order valence-corrected chi connectivity index (χ2v) is 34.8. The molecule has 0 heterocycles. The van der Waals surface area contributed by atoms with Crippen molar-refractivity contribution in [1.82, 2.24) is 0 Å². The van der Waals surface area contributed by atoms with Crippen LogP contribution in [0.25, 0.3) is 217 Å². The number of fused-ring (bicyclic) bond motifs is 48. The first-order chi connectivity index (χ1) is 72.0. The maximum Gasteiger partial charge on any atom is -0.00132 e. The van der Waals surface area contributed by atoms with Crippen molar-refractivity contribution in [3.05, 3.63) is 480 Å². The Balaban J connectivity index is 0.000000124. The van der Waals surface area contributed by atoms with E-state index in [9.17, 15) is 0 Å². The average Bonchev–Trinajstić information content (AvgIpc) is 1.57. The highest BCUT2D eigenvalue weighted by atomic mass is 14.3. The maximum absolute atomic E-state index is 2.43. The summed E-state index contributed by atoms with van der Waals surface area (Å²) in [6.45, 7) is 40.0. The molecule has 0 bridgehead atoms. The summed E-state index contributed by atoms with van der Waals surface area (Å²) in [6, 6.07) is 156. The lowest BCUT2D eigenvalue weighted by atomic mass is 9.89. The summed E-state index contributed by atoms with van der Waals surface area (Å²) in [4.78, 5) is 0. The van der Waals surface area contributed by atoms with E-state index in [1.807, 2.05) is 138 Å². The van der Waals surface area contributed by atoms with Gasteiger partial charge >= 0.3 is 0 Å². The van der Waals surface area contributed by atoms with Crippen LogP contribution in [0.1, 0.15) is 194 Å². The van der Waals surface area contributed by atoms with Gasteiger partial charge in [0.15, 0.2) is 0 Å². The summed E-state index contributed by atoms with van der Waals surface area (Å²) in [5.41, 5.74) is 28.6. The van der Waals surface area contributed by atoms with Crippen LogP contribution in [-0.4, -0.2) is 0 Å². The van der Waals surface area contributed by atoms with Crippen molar-refractivity contribution in [3.8, 4) is 55.6 Å². The van der Waals surface area contributed by atoms with E-state index in [0.717, 1.165) is 32.1 Å². The minimum Gasteiger partial charge on any atom is -0.0683 e. The van der Waals surface area contributed by atoms with E-state index in [1.165, 1.54) is 273 Å². The van der Waals surface area contributed by atoms with E-state index in [-0.39, 0.29) is 0 Å². The van der Waals surface area contributed by atoms with Crippen LogP contribution in [0.4, 0.5) is 0 Å². The van der Waals surface area contributed by atoms with Gasteiger partial charge in [-0.3, -0.25) is 0 Å². The molecule has 0 aromatic heterocycles. The van der Waals surface area contributed by atoms with Crippen molar-refractivity contribution in [1.29, 1.82) is 0 Å². The third kappa shape index (κ3) is 18.6. The van der Waals surface area contributed by atoms with Gasteiger partial charge in [0.1, 0.15) is 0 Å². The van der Waals surface area contributed by atoms with E-state index in [0.29, 0.717) is 0 Å². The van der Waals surface area contributed by atoms with Crippen LogP contribution in [0.15, 0.2) is 425 Å². The minimum absolute atomic E-state index is 1.04. The second kappa shape index (κ2) is 47.5. The zero-order valence-corrected chi connectivity index (χ0v) is 89.0. The van der Waals surface area contributed by atoms with Gasteiger partial charge in [0.2, 0.25) is 0 Å². The number of hydrogen-bond acceptors (Lipinski definition) is 0. The minimum atomic E-state index is 1.04. The largest absolute Gasteiger partial charge is 0.0683 e. The topological polar surface area (TPSA) is 0 Å². The second-order valence-electron chi connectivity index (χ2n) is 34.8. The van der Waals surface area contributed by atoms with Crippen molar-refractivity contribution in [2.75, 3.05) is 0 Å². The molecule has 0 nitrogen and oxygen atoms in total. The Morgan fingerprint density at radius 2 is 0.234 bits per heavy atom. The molecule has 5 aliphatic rings. The monoisotopic (exact) mass is 1880 g/mol. The van der Waals surface area contributed by atoms with Crippen molar-refractivity contribution >= 4 is 162 Å². The predicted octanol–water partition coefficient (Wildman–Crippen LogP) is 43.8. The Labute approximate surface area is 861 Å². The van der Waals surface area contributed by atoms with Crippen molar-refractivity contribution < 1.29 is 0 Å². The summed E-state index contributed by atoms with van der Waals surface area (Å²) >= 11 is 0. The molecule has 5 aliphatic carbocycles. The van der Waals surface area contributed by atoms with Gasteiger partial charge in [0.05, 0.1) is 0 Å². The first kappa shape index (κ1) is 102. The molecule has 0 unspecified atom stereocenters. The van der Waals surface area contributed by atoms with E-state index in [4.69, 9.17) is 0 Å². The summed E-state index contributed by atoms with van der Waals surface area (Å²) in [5, 5.41) is 40.9. The van der Waals surface area contributed by atoms with Crippen molar-refractivity contribution in [2.24, 2.45) is 0 Å². The Morgan fingerprint density at radius 3 is 0.441 bits per heavy atom. The molecule has 25 aromatic carbocycles. The fraction of sp³-hybridized carbons (Fsp3) is 0.172. The van der Waals surface area contributed by atoms with Crippen LogP contribution in [0, 0.1) is 0 Å². The molecule has 25 aromatic rings. The molecular weight excluding hydrogens is 1740 g/mol. The lowest BCUT2D eigenvalue weighted by Gasteiger charge is -2.14. The number of hydrogen-bond donors (Lipinski definition) is 0. The number of rotatable bonds is 0. The standard InChI is InChI=1S/5C25H16.10C2H6/c2*1-2-8-18-16(7-1)13-17-14-24-21-11-5-3-9-19(21)20-10-4-6-12-22(20)25(24)15-23(17)18;3*1-2-8-18-16(7-1)15-17-13-14-23-21-11-4-3-9-19(21)20-10-5-6-12-22(20)25(23)24(17)18;10*1-2/h2*1-12,14-15H,13H2;3*1-14H,15H2;10*1-2H3. The van der Waals surface area contributed by atoms with Crippen LogP contribution in [0.5, 0.6) is 0 Å². The van der Waals surface area contributed by atoms with Crippen molar-refractivity contribution in [3.63, 3.8) is 0 Å². The van der Waals surface area contributed by atoms with Gasteiger partial charge in [-0.2, -0.15) is 0 Å². The maximum atomic E-state index is 2.43. The SMILES string of the molecule is CC.CC.CC.CC.CC.CC.CC.CC.CC.CC.c1ccc2c(c1)Cc1cc3c4ccccc4c4ccccc4c3cc1-2.c1ccc2c(c1)Cc1cc3c4ccccc4c4ccccc4c3cc1-2.c1ccc2c(c1)Cc1ccc3c4ccccc4c4ccccc4c3c1-2.c1ccc2c(c1)Cc1ccc3c4ccccc4c4ccccc4c3c1-2.c1ccc2c(c1)Cc1ccc3c4ccccc4c4ccccc4c3c1-2. The van der Waals surface area contributed by atoms with Crippen LogP contribution in [0.3, 0.4) is 0 Å². The molecule has 0 saturated heterocycles. The summed E-state index contributed by atoms with van der Waals surface area (Å²) in [5.74, 6) is 0. The molecule has 0 fully saturated rings. The van der Waals surface area contributed by atoms with E-state index < -0.39 is 0 Å². The quantitative estimate of drug-likeness (QED) is 0.133. The molecular formula is C145H140. The first-order valence-electron chi connectivity index (χ1n) is 54.2. The average molecular weight is 1880 g/mol. The molecule has 0 atom stereocenters. The van der Waals surface area contributed by atoms with Crippen LogP contribution < -0.4 is 0 Å². The molecule has 720 valence electrons. The lowest BCUT2D eigenvalue weighted by Crippen LogP contribution is -1.87. The summed E-state index contributed by atoms with van der Waals surface area (Å²) < 4.78 is 0. The smallest absolute Gasteiger partial charge is 0.00132 e.